The second-order valence-corrected chi connectivity index (χ2v) is 5.17. The van der Waals surface area contributed by atoms with Gasteiger partial charge >= 0.3 is 6.18 Å². The van der Waals surface area contributed by atoms with Gasteiger partial charge in [0.15, 0.2) is 0 Å². The van der Waals surface area contributed by atoms with Crippen molar-refractivity contribution >= 4 is 0 Å². The Bertz CT molecular complexity index is 638. The first-order valence-electron chi connectivity index (χ1n) is 6.70. The summed E-state index contributed by atoms with van der Waals surface area (Å²) in [5.41, 5.74) is -0.416. The molecule has 1 aliphatic heterocycles. The highest BCUT2D eigenvalue weighted by Gasteiger charge is 2.32. The third kappa shape index (κ3) is 2.78. The fourth-order valence-corrected chi connectivity index (χ4v) is 2.53. The minimum absolute atomic E-state index is 0.108. The average Bonchev–Trinajstić information content (AvgIpc) is 3.06. The zero-order valence-corrected chi connectivity index (χ0v) is 11.3. The second-order valence-electron chi connectivity index (χ2n) is 5.17. The highest BCUT2D eigenvalue weighted by atomic mass is 19.4. The van der Waals surface area contributed by atoms with Crippen LogP contribution in [0, 0.1) is 0 Å². The number of rotatable bonds is 2. The van der Waals surface area contributed by atoms with Gasteiger partial charge in [-0.15, -0.1) is 0 Å². The van der Waals surface area contributed by atoms with Crippen LogP contribution in [0.1, 0.15) is 30.7 Å². The van der Waals surface area contributed by atoms with Gasteiger partial charge in [-0.1, -0.05) is 17.3 Å². The van der Waals surface area contributed by atoms with Crippen LogP contribution in [-0.2, 0) is 6.18 Å². The number of hydrogen-bond acceptors (Lipinski definition) is 4. The molecule has 2 aromatic rings. The number of alkyl halides is 3. The fourth-order valence-electron chi connectivity index (χ4n) is 2.53. The van der Waals surface area contributed by atoms with Crippen LogP contribution in [-0.4, -0.2) is 22.7 Å². The normalized spacial score (nSPS) is 22.7. The van der Waals surface area contributed by atoms with Crippen molar-refractivity contribution in [2.24, 2.45) is 0 Å². The van der Waals surface area contributed by atoms with E-state index in [4.69, 9.17) is 4.52 Å². The number of nitrogens with one attached hydrogen (secondary N) is 1. The highest BCUT2D eigenvalue weighted by Crippen LogP contribution is 2.32. The smallest absolute Gasteiger partial charge is 0.339 e. The second kappa shape index (κ2) is 5.14. The van der Waals surface area contributed by atoms with Gasteiger partial charge in [0.05, 0.1) is 11.5 Å². The van der Waals surface area contributed by atoms with E-state index in [1.807, 2.05) is 6.92 Å². The Labute approximate surface area is 119 Å². The molecule has 2 heterocycles. The van der Waals surface area contributed by atoms with Gasteiger partial charge in [0, 0.05) is 11.6 Å². The van der Waals surface area contributed by atoms with Crippen molar-refractivity contribution < 1.29 is 17.7 Å². The number of benzene rings is 1. The van der Waals surface area contributed by atoms with Crippen LogP contribution in [0.3, 0.4) is 0 Å². The van der Waals surface area contributed by atoms with E-state index in [-0.39, 0.29) is 17.8 Å². The number of nitrogens with zero attached hydrogens (tertiary/aromatic N) is 2. The monoisotopic (exact) mass is 297 g/mol. The summed E-state index contributed by atoms with van der Waals surface area (Å²) in [7, 11) is 0. The van der Waals surface area contributed by atoms with Crippen LogP contribution < -0.4 is 5.32 Å². The van der Waals surface area contributed by atoms with Crippen LogP contribution in [0.4, 0.5) is 13.2 Å². The quantitative estimate of drug-likeness (QED) is 0.924. The van der Waals surface area contributed by atoms with Gasteiger partial charge in [-0.25, -0.2) is 0 Å². The van der Waals surface area contributed by atoms with Crippen LogP contribution in [0.5, 0.6) is 0 Å². The van der Waals surface area contributed by atoms with Crippen molar-refractivity contribution in [2.45, 2.75) is 31.5 Å². The summed E-state index contributed by atoms with van der Waals surface area (Å²) in [6.07, 6.45) is -3.50. The molecule has 1 aromatic heterocycles. The Morgan fingerprint density at radius 1 is 1.33 bits per heavy atom. The Morgan fingerprint density at radius 3 is 2.81 bits per heavy atom. The Hall–Kier alpha value is -1.89. The summed E-state index contributed by atoms with van der Waals surface area (Å²) in [6.45, 7) is 2.89. The maximum absolute atomic E-state index is 12.7. The highest BCUT2D eigenvalue weighted by molar-refractivity contribution is 5.55. The number of halogens is 3. The van der Waals surface area contributed by atoms with Crippen LogP contribution >= 0.6 is 0 Å². The maximum atomic E-state index is 12.7. The molecule has 0 amide bonds. The lowest BCUT2D eigenvalue weighted by Crippen LogP contribution is -2.21. The summed E-state index contributed by atoms with van der Waals surface area (Å²) >= 11 is 0. The van der Waals surface area contributed by atoms with E-state index in [2.05, 4.69) is 15.5 Å². The Morgan fingerprint density at radius 2 is 2.14 bits per heavy atom. The molecule has 3 rings (SSSR count). The topological polar surface area (TPSA) is 51.0 Å². The van der Waals surface area contributed by atoms with Crippen molar-refractivity contribution in [2.75, 3.05) is 6.54 Å². The first-order chi connectivity index (χ1) is 9.95. The minimum Gasteiger partial charge on any atom is -0.339 e. The molecule has 1 aromatic carbocycles. The molecule has 0 aliphatic carbocycles. The van der Waals surface area contributed by atoms with Crippen molar-refractivity contribution in [1.82, 2.24) is 15.5 Å². The van der Waals surface area contributed by atoms with Gasteiger partial charge in [0.2, 0.25) is 11.7 Å². The minimum atomic E-state index is -4.38. The third-order valence-corrected chi connectivity index (χ3v) is 3.73. The van der Waals surface area contributed by atoms with Crippen LogP contribution in [0.15, 0.2) is 28.8 Å². The van der Waals surface area contributed by atoms with E-state index in [0.717, 1.165) is 25.1 Å². The molecule has 2 unspecified atom stereocenters. The molecule has 1 aliphatic rings. The van der Waals surface area contributed by atoms with Gasteiger partial charge in [-0.2, -0.15) is 18.2 Å². The molecule has 0 saturated carbocycles. The first-order valence-corrected chi connectivity index (χ1v) is 6.70. The standard InChI is InChI=1S/C14H14F3N3O/c1-8-11(5-6-18-8)13-19-12(20-21-13)9-3-2-4-10(7-9)14(15,16)17/h2-4,7-8,11,18H,5-6H2,1H3. The number of aromatic nitrogens is 2. The molecule has 1 fully saturated rings. The van der Waals surface area contributed by atoms with Gasteiger partial charge in [0.25, 0.3) is 0 Å². The van der Waals surface area contributed by atoms with Gasteiger partial charge < -0.3 is 9.84 Å². The predicted molar refractivity (Wildman–Crippen MR) is 69.6 cm³/mol. The molecular formula is C14H14F3N3O. The van der Waals surface area contributed by atoms with Gasteiger partial charge in [-0.05, 0) is 32.0 Å². The molecule has 7 heteroatoms. The molecule has 4 nitrogen and oxygen atoms in total. The molecule has 0 radical (unpaired) electrons. The molecule has 1 N–H and O–H groups in total. The van der Waals surface area contributed by atoms with Crippen molar-refractivity contribution in [1.29, 1.82) is 0 Å². The first kappa shape index (κ1) is 14.1. The van der Waals surface area contributed by atoms with E-state index in [9.17, 15) is 13.2 Å². The van der Waals surface area contributed by atoms with Gasteiger partial charge in [0.1, 0.15) is 0 Å². The molecule has 0 bridgehead atoms. The summed E-state index contributed by atoms with van der Waals surface area (Å²) in [5, 5.41) is 7.08. The lowest BCUT2D eigenvalue weighted by Gasteiger charge is -2.09. The van der Waals surface area contributed by atoms with Gasteiger partial charge in [-0.3, -0.25) is 0 Å². The molecule has 2 atom stereocenters. The van der Waals surface area contributed by atoms with E-state index in [0.29, 0.717) is 11.5 Å². The van der Waals surface area contributed by atoms with Crippen LogP contribution in [0.25, 0.3) is 11.4 Å². The summed E-state index contributed by atoms with van der Waals surface area (Å²) in [6, 6.07) is 5.16. The zero-order chi connectivity index (χ0) is 15.0. The van der Waals surface area contributed by atoms with E-state index < -0.39 is 11.7 Å². The van der Waals surface area contributed by atoms with Crippen LogP contribution in [0.2, 0.25) is 0 Å². The Kier molecular flexibility index (Phi) is 3.44. The average molecular weight is 297 g/mol. The predicted octanol–water partition coefficient (Wildman–Crippen LogP) is 3.22. The number of hydrogen-bond donors (Lipinski definition) is 1. The SMILES string of the molecule is CC1NCCC1c1nc(-c2cccc(C(F)(F)F)c2)no1. The largest absolute Gasteiger partial charge is 0.416 e. The summed E-state index contributed by atoms with van der Waals surface area (Å²) in [4.78, 5) is 4.25. The lowest BCUT2D eigenvalue weighted by molar-refractivity contribution is -0.137. The van der Waals surface area contributed by atoms with E-state index >= 15 is 0 Å². The van der Waals surface area contributed by atoms with E-state index in [1.54, 1.807) is 6.07 Å². The molecular weight excluding hydrogens is 283 g/mol. The third-order valence-electron chi connectivity index (χ3n) is 3.73. The van der Waals surface area contributed by atoms with Crippen molar-refractivity contribution in [3.63, 3.8) is 0 Å². The Balaban J connectivity index is 1.90. The molecule has 1 saturated heterocycles. The van der Waals surface area contributed by atoms with Crippen molar-refractivity contribution in [3.8, 4) is 11.4 Å². The zero-order valence-electron chi connectivity index (χ0n) is 11.3. The lowest BCUT2D eigenvalue weighted by atomic mass is 10.0. The maximum Gasteiger partial charge on any atom is 0.416 e. The summed E-state index contributed by atoms with van der Waals surface area (Å²) in [5.74, 6) is 0.771. The molecule has 0 spiro atoms. The summed E-state index contributed by atoms with van der Waals surface area (Å²) < 4.78 is 43.4. The van der Waals surface area contributed by atoms with E-state index in [1.165, 1.54) is 6.07 Å². The molecule has 21 heavy (non-hydrogen) atoms. The fraction of sp³-hybridized carbons (Fsp3) is 0.429. The molecule has 112 valence electrons. The van der Waals surface area contributed by atoms with Crippen molar-refractivity contribution in [3.05, 3.63) is 35.7 Å².